The average Bonchev–Trinajstić information content (AvgIpc) is 2.92. The third-order valence-corrected chi connectivity index (χ3v) is 8.73. The van der Waals surface area contributed by atoms with Crippen LogP contribution in [-0.2, 0) is 26.0 Å². The first-order valence-corrected chi connectivity index (χ1v) is 13.9. The Morgan fingerprint density at radius 1 is 0.974 bits per heavy atom. The quantitative estimate of drug-likeness (QED) is 0.432. The van der Waals surface area contributed by atoms with Crippen LogP contribution in [-0.4, -0.2) is 63.9 Å². The number of carbonyl (C=O) groups excluding carboxylic acids is 2. The van der Waals surface area contributed by atoms with Crippen molar-refractivity contribution in [2.45, 2.75) is 43.2 Å². The predicted molar refractivity (Wildman–Crippen MR) is 145 cm³/mol. The molecule has 1 fully saturated rings. The van der Waals surface area contributed by atoms with Crippen molar-refractivity contribution in [3.8, 4) is 11.5 Å². The van der Waals surface area contributed by atoms with Gasteiger partial charge in [0, 0.05) is 43.4 Å². The Hall–Kier alpha value is -3.63. The SMILES string of the molecule is COc1cccc(C[C@H](NC(C)=O)C(=O)NC2CCN(S(=O)(=O)c3cccc4ccccc34)CC2)c1OC. The fraction of sp³-hybridized carbons (Fsp3) is 0.357. The van der Waals surface area contributed by atoms with Gasteiger partial charge in [0.15, 0.2) is 11.5 Å². The number of rotatable bonds is 9. The van der Waals surface area contributed by atoms with Gasteiger partial charge in [-0.15, -0.1) is 0 Å². The molecule has 10 heteroatoms. The molecule has 3 aromatic rings. The van der Waals surface area contributed by atoms with Crippen LogP contribution in [0.5, 0.6) is 11.5 Å². The van der Waals surface area contributed by atoms with Gasteiger partial charge in [-0.05, 0) is 30.4 Å². The third kappa shape index (κ3) is 5.92. The molecule has 1 saturated heterocycles. The molecule has 0 bridgehead atoms. The zero-order valence-electron chi connectivity index (χ0n) is 21.8. The molecule has 2 N–H and O–H groups in total. The first-order chi connectivity index (χ1) is 18.2. The number of nitrogens with zero attached hydrogens (tertiary/aromatic N) is 1. The van der Waals surface area contributed by atoms with Crippen LogP contribution in [0.25, 0.3) is 10.8 Å². The Morgan fingerprint density at radius 3 is 2.34 bits per heavy atom. The predicted octanol–water partition coefficient (Wildman–Crippen LogP) is 2.87. The second-order valence-electron chi connectivity index (χ2n) is 9.27. The van der Waals surface area contributed by atoms with Crippen molar-refractivity contribution < 1.29 is 27.5 Å². The van der Waals surface area contributed by atoms with Gasteiger partial charge in [-0.25, -0.2) is 8.42 Å². The van der Waals surface area contributed by atoms with Crippen molar-refractivity contribution in [2.75, 3.05) is 27.3 Å². The third-order valence-electron chi connectivity index (χ3n) is 6.77. The van der Waals surface area contributed by atoms with E-state index in [4.69, 9.17) is 9.47 Å². The van der Waals surface area contributed by atoms with Gasteiger partial charge in [-0.1, -0.05) is 48.5 Å². The van der Waals surface area contributed by atoms with Crippen LogP contribution in [0.4, 0.5) is 0 Å². The van der Waals surface area contributed by atoms with E-state index in [2.05, 4.69) is 10.6 Å². The molecule has 0 aromatic heterocycles. The first-order valence-electron chi connectivity index (χ1n) is 12.5. The summed E-state index contributed by atoms with van der Waals surface area (Å²) in [5.74, 6) is 0.375. The lowest BCUT2D eigenvalue weighted by atomic mass is 10.0. The summed E-state index contributed by atoms with van der Waals surface area (Å²) in [6.07, 6.45) is 1.14. The lowest BCUT2D eigenvalue weighted by Gasteiger charge is -2.32. The van der Waals surface area contributed by atoms with Crippen LogP contribution in [0.15, 0.2) is 65.6 Å². The molecule has 1 aliphatic rings. The Bertz CT molecular complexity index is 1410. The fourth-order valence-corrected chi connectivity index (χ4v) is 6.58. The molecular weight excluding hydrogens is 506 g/mol. The second-order valence-corrected chi connectivity index (χ2v) is 11.2. The van der Waals surface area contributed by atoms with Crippen molar-refractivity contribution >= 4 is 32.6 Å². The van der Waals surface area contributed by atoms with E-state index < -0.39 is 16.1 Å². The zero-order valence-corrected chi connectivity index (χ0v) is 22.6. The maximum absolute atomic E-state index is 13.4. The normalized spacial score (nSPS) is 15.6. The molecule has 0 unspecified atom stereocenters. The molecule has 0 spiro atoms. The monoisotopic (exact) mass is 539 g/mol. The summed E-state index contributed by atoms with van der Waals surface area (Å²) in [4.78, 5) is 25.4. The van der Waals surface area contributed by atoms with Crippen LogP contribution in [0.1, 0.15) is 25.3 Å². The lowest BCUT2D eigenvalue weighted by Crippen LogP contribution is -2.53. The van der Waals surface area contributed by atoms with E-state index in [1.165, 1.54) is 25.4 Å². The molecule has 1 aliphatic heterocycles. The minimum atomic E-state index is -3.69. The minimum Gasteiger partial charge on any atom is -0.493 e. The van der Waals surface area contributed by atoms with Gasteiger partial charge in [0.25, 0.3) is 0 Å². The van der Waals surface area contributed by atoms with E-state index in [1.54, 1.807) is 24.3 Å². The topological polar surface area (TPSA) is 114 Å². The van der Waals surface area contributed by atoms with Crippen LogP contribution in [0.2, 0.25) is 0 Å². The van der Waals surface area contributed by atoms with Crippen LogP contribution < -0.4 is 20.1 Å². The molecule has 202 valence electrons. The molecule has 3 aromatic carbocycles. The van der Waals surface area contributed by atoms with Crippen molar-refractivity contribution in [3.05, 3.63) is 66.2 Å². The number of hydrogen-bond donors (Lipinski definition) is 2. The maximum Gasteiger partial charge on any atom is 0.243 e. The molecule has 2 amide bonds. The molecule has 4 rings (SSSR count). The number of carbonyl (C=O) groups is 2. The molecule has 1 atom stereocenters. The number of amides is 2. The van der Waals surface area contributed by atoms with Gasteiger partial charge in [-0.3, -0.25) is 9.59 Å². The van der Waals surface area contributed by atoms with Gasteiger partial charge in [0.2, 0.25) is 21.8 Å². The zero-order chi connectivity index (χ0) is 27.3. The Balaban J connectivity index is 1.43. The van der Waals surface area contributed by atoms with E-state index in [0.717, 1.165) is 10.9 Å². The Morgan fingerprint density at radius 2 is 1.66 bits per heavy atom. The van der Waals surface area contributed by atoms with E-state index in [0.29, 0.717) is 29.7 Å². The first kappa shape index (κ1) is 27.4. The van der Waals surface area contributed by atoms with Crippen molar-refractivity contribution in [2.24, 2.45) is 0 Å². The summed E-state index contributed by atoms with van der Waals surface area (Å²) >= 11 is 0. The molecule has 9 nitrogen and oxygen atoms in total. The molecule has 0 saturated carbocycles. The molecule has 0 aliphatic carbocycles. The van der Waals surface area contributed by atoms with Gasteiger partial charge >= 0.3 is 0 Å². The highest BCUT2D eigenvalue weighted by molar-refractivity contribution is 7.89. The van der Waals surface area contributed by atoms with E-state index >= 15 is 0 Å². The Labute approximate surface area is 223 Å². The highest BCUT2D eigenvalue weighted by atomic mass is 32.2. The maximum atomic E-state index is 13.4. The lowest BCUT2D eigenvalue weighted by molar-refractivity contribution is -0.128. The van der Waals surface area contributed by atoms with Gasteiger partial charge in [0.05, 0.1) is 19.1 Å². The van der Waals surface area contributed by atoms with Gasteiger partial charge in [-0.2, -0.15) is 4.31 Å². The summed E-state index contributed by atoms with van der Waals surface area (Å²) in [6, 6.07) is 17.0. The molecular formula is C28H33N3O6S. The highest BCUT2D eigenvalue weighted by Crippen LogP contribution is 2.32. The van der Waals surface area contributed by atoms with Crippen molar-refractivity contribution in [1.82, 2.24) is 14.9 Å². The van der Waals surface area contributed by atoms with Gasteiger partial charge < -0.3 is 20.1 Å². The van der Waals surface area contributed by atoms with E-state index in [9.17, 15) is 18.0 Å². The highest BCUT2D eigenvalue weighted by Gasteiger charge is 2.32. The number of hydrogen-bond acceptors (Lipinski definition) is 6. The number of methoxy groups -OCH3 is 2. The van der Waals surface area contributed by atoms with Crippen molar-refractivity contribution in [3.63, 3.8) is 0 Å². The summed E-state index contributed by atoms with van der Waals surface area (Å²) in [7, 11) is -0.633. The van der Waals surface area contributed by atoms with Crippen LogP contribution in [0, 0.1) is 0 Å². The molecule has 0 radical (unpaired) electrons. The molecule has 38 heavy (non-hydrogen) atoms. The van der Waals surface area contributed by atoms with Crippen molar-refractivity contribution in [1.29, 1.82) is 0 Å². The standard InChI is InChI=1S/C28H33N3O6S/c1-19(32)29-24(18-21-10-6-12-25(36-2)27(21)37-3)28(33)30-22-14-16-31(17-15-22)38(34,35)26-13-7-9-20-8-4-5-11-23(20)26/h4-13,22,24H,14-18H2,1-3H3,(H,29,32)(H,30,33)/t24-/m0/s1. The second kappa shape index (κ2) is 11.8. The number of piperidine rings is 1. The fourth-order valence-electron chi connectivity index (χ4n) is 4.89. The summed E-state index contributed by atoms with van der Waals surface area (Å²) in [6.45, 7) is 1.93. The van der Waals surface area contributed by atoms with E-state index in [-0.39, 0.29) is 42.3 Å². The summed E-state index contributed by atoms with van der Waals surface area (Å²) in [5.41, 5.74) is 0.719. The number of fused-ring (bicyclic) bond motifs is 1. The molecule has 1 heterocycles. The van der Waals surface area contributed by atoms with Crippen LogP contribution >= 0.6 is 0 Å². The number of benzene rings is 3. The summed E-state index contributed by atoms with van der Waals surface area (Å²) in [5, 5.41) is 7.29. The number of para-hydroxylation sites is 1. The summed E-state index contributed by atoms with van der Waals surface area (Å²) < 4.78 is 39.2. The van der Waals surface area contributed by atoms with Crippen LogP contribution in [0.3, 0.4) is 0 Å². The Kier molecular flexibility index (Phi) is 8.53. The average molecular weight is 540 g/mol. The number of sulfonamides is 1. The largest absolute Gasteiger partial charge is 0.493 e. The number of nitrogens with one attached hydrogen (secondary N) is 2. The van der Waals surface area contributed by atoms with Gasteiger partial charge in [0.1, 0.15) is 6.04 Å². The van der Waals surface area contributed by atoms with E-state index in [1.807, 2.05) is 36.4 Å². The number of ether oxygens (including phenoxy) is 2. The minimum absolute atomic E-state index is 0.208. The smallest absolute Gasteiger partial charge is 0.243 e.